The zero-order valence-electron chi connectivity index (χ0n) is 17.8. The van der Waals surface area contributed by atoms with Gasteiger partial charge in [0.2, 0.25) is 5.91 Å². The number of benzene rings is 2. The van der Waals surface area contributed by atoms with Crippen molar-refractivity contribution in [2.24, 2.45) is 10.7 Å². The van der Waals surface area contributed by atoms with Crippen LogP contribution in [0.5, 0.6) is 0 Å². The summed E-state index contributed by atoms with van der Waals surface area (Å²) in [6.45, 7) is 2.57. The van der Waals surface area contributed by atoms with Crippen molar-refractivity contribution in [3.05, 3.63) is 65.2 Å². The number of halogens is 2. The summed E-state index contributed by atoms with van der Waals surface area (Å²) in [6.07, 6.45) is 0. The lowest BCUT2D eigenvalue weighted by Crippen LogP contribution is -2.52. The molecule has 0 aromatic heterocycles. The molecule has 0 saturated carbocycles. The summed E-state index contributed by atoms with van der Waals surface area (Å²) < 4.78 is 27.5. The van der Waals surface area contributed by atoms with Crippen LogP contribution in [-0.4, -0.2) is 62.4 Å². The molecule has 0 unspecified atom stereocenters. The predicted octanol–water partition coefficient (Wildman–Crippen LogP) is 1.08. The number of piperazine rings is 1. The van der Waals surface area contributed by atoms with E-state index in [-0.39, 0.29) is 18.1 Å². The number of rotatable bonds is 6. The standard InChI is InChI=1S/C22H26F2N6O2/c1-26-22(28-13-15-2-4-16(5-3-15)21(32)27-14-20(25)31)30-10-8-29(9-11-30)19-12-17(23)6-7-18(19)24/h2-7,12H,8-11,13-14H2,1H3,(H2,25,31)(H,26,28)(H,27,32). The van der Waals surface area contributed by atoms with Crippen molar-refractivity contribution in [1.29, 1.82) is 0 Å². The Balaban J connectivity index is 1.51. The molecule has 8 nitrogen and oxygen atoms in total. The topological polar surface area (TPSA) is 103 Å². The highest BCUT2D eigenvalue weighted by atomic mass is 19.1. The number of nitrogens with one attached hydrogen (secondary N) is 2. The van der Waals surface area contributed by atoms with E-state index in [0.29, 0.717) is 44.2 Å². The highest BCUT2D eigenvalue weighted by Crippen LogP contribution is 2.22. The summed E-state index contributed by atoms with van der Waals surface area (Å²) in [5.74, 6) is -1.17. The second-order valence-corrected chi connectivity index (χ2v) is 7.32. The fourth-order valence-corrected chi connectivity index (χ4v) is 3.44. The molecule has 1 fully saturated rings. The maximum Gasteiger partial charge on any atom is 0.251 e. The number of carbonyl (C=O) groups is 2. The minimum atomic E-state index is -0.604. The third kappa shape index (κ3) is 5.93. The van der Waals surface area contributed by atoms with Gasteiger partial charge >= 0.3 is 0 Å². The predicted molar refractivity (Wildman–Crippen MR) is 118 cm³/mol. The normalized spacial score (nSPS) is 14.3. The Labute approximate surface area is 185 Å². The molecule has 2 aromatic rings. The van der Waals surface area contributed by atoms with Gasteiger partial charge < -0.3 is 26.2 Å². The zero-order valence-corrected chi connectivity index (χ0v) is 17.8. The summed E-state index contributed by atoms with van der Waals surface area (Å²) in [4.78, 5) is 30.9. The Morgan fingerprint density at radius 2 is 1.72 bits per heavy atom. The highest BCUT2D eigenvalue weighted by molar-refractivity contribution is 5.96. The molecule has 2 amide bonds. The molecule has 2 aromatic carbocycles. The van der Waals surface area contributed by atoms with Crippen LogP contribution in [0.3, 0.4) is 0 Å². The van der Waals surface area contributed by atoms with E-state index in [4.69, 9.17) is 5.73 Å². The number of hydrogen-bond donors (Lipinski definition) is 3. The molecule has 1 heterocycles. The van der Waals surface area contributed by atoms with Crippen LogP contribution in [0, 0.1) is 11.6 Å². The number of aliphatic imine (C=N–C) groups is 1. The van der Waals surface area contributed by atoms with E-state index < -0.39 is 17.5 Å². The Morgan fingerprint density at radius 3 is 2.34 bits per heavy atom. The minimum absolute atomic E-state index is 0.211. The average Bonchev–Trinajstić information content (AvgIpc) is 2.80. The summed E-state index contributed by atoms with van der Waals surface area (Å²) >= 11 is 0. The first-order valence-electron chi connectivity index (χ1n) is 10.2. The van der Waals surface area contributed by atoms with E-state index in [1.807, 2.05) is 17.0 Å². The van der Waals surface area contributed by atoms with Crippen molar-refractivity contribution in [2.75, 3.05) is 44.7 Å². The minimum Gasteiger partial charge on any atom is -0.368 e. The zero-order chi connectivity index (χ0) is 23.1. The van der Waals surface area contributed by atoms with Crippen LogP contribution in [0.1, 0.15) is 15.9 Å². The van der Waals surface area contributed by atoms with Gasteiger partial charge in [0.05, 0.1) is 12.2 Å². The summed E-state index contributed by atoms with van der Waals surface area (Å²) in [5.41, 5.74) is 6.67. The molecule has 0 radical (unpaired) electrons. The quantitative estimate of drug-likeness (QED) is 0.457. The lowest BCUT2D eigenvalue weighted by atomic mass is 10.1. The van der Waals surface area contributed by atoms with Gasteiger partial charge in [-0.3, -0.25) is 14.6 Å². The largest absolute Gasteiger partial charge is 0.368 e. The lowest BCUT2D eigenvalue weighted by molar-refractivity contribution is -0.117. The number of hydrogen-bond acceptors (Lipinski definition) is 4. The first-order chi connectivity index (χ1) is 15.4. The lowest BCUT2D eigenvalue weighted by Gasteiger charge is -2.37. The molecule has 0 spiro atoms. The number of primary amides is 1. The molecule has 32 heavy (non-hydrogen) atoms. The van der Waals surface area contributed by atoms with Crippen molar-refractivity contribution in [2.45, 2.75) is 6.54 Å². The molecule has 3 rings (SSSR count). The van der Waals surface area contributed by atoms with Crippen LogP contribution in [0.25, 0.3) is 0 Å². The second-order valence-electron chi connectivity index (χ2n) is 7.32. The van der Waals surface area contributed by atoms with E-state index in [0.717, 1.165) is 17.7 Å². The van der Waals surface area contributed by atoms with Crippen molar-refractivity contribution in [3.8, 4) is 0 Å². The molecular formula is C22H26F2N6O2. The fraction of sp³-hybridized carbons (Fsp3) is 0.318. The van der Waals surface area contributed by atoms with Gasteiger partial charge in [-0.1, -0.05) is 12.1 Å². The van der Waals surface area contributed by atoms with E-state index in [9.17, 15) is 18.4 Å². The number of carbonyl (C=O) groups excluding carboxylic acids is 2. The van der Waals surface area contributed by atoms with Crippen molar-refractivity contribution >= 4 is 23.5 Å². The van der Waals surface area contributed by atoms with Crippen molar-refractivity contribution in [3.63, 3.8) is 0 Å². The van der Waals surface area contributed by atoms with Crippen LogP contribution >= 0.6 is 0 Å². The smallest absolute Gasteiger partial charge is 0.251 e. The van der Waals surface area contributed by atoms with Gasteiger partial charge in [0.15, 0.2) is 5.96 Å². The van der Waals surface area contributed by atoms with Crippen LogP contribution in [-0.2, 0) is 11.3 Å². The van der Waals surface area contributed by atoms with Gasteiger partial charge in [0.25, 0.3) is 5.91 Å². The molecule has 0 bridgehead atoms. The van der Waals surface area contributed by atoms with E-state index >= 15 is 0 Å². The van der Waals surface area contributed by atoms with Gasteiger partial charge in [0.1, 0.15) is 11.6 Å². The van der Waals surface area contributed by atoms with Crippen molar-refractivity contribution in [1.82, 2.24) is 15.5 Å². The Hall–Kier alpha value is -3.69. The fourth-order valence-electron chi connectivity index (χ4n) is 3.44. The van der Waals surface area contributed by atoms with E-state index in [2.05, 4.69) is 20.5 Å². The maximum absolute atomic E-state index is 14.0. The third-order valence-corrected chi connectivity index (χ3v) is 5.13. The Kier molecular flexibility index (Phi) is 7.58. The summed E-state index contributed by atoms with van der Waals surface area (Å²) in [7, 11) is 1.69. The maximum atomic E-state index is 14.0. The highest BCUT2D eigenvalue weighted by Gasteiger charge is 2.22. The van der Waals surface area contributed by atoms with Gasteiger partial charge in [-0.05, 0) is 29.8 Å². The SMILES string of the molecule is CN=C(NCc1ccc(C(=O)NCC(N)=O)cc1)N1CCN(c2cc(F)ccc2F)CC1. The summed E-state index contributed by atoms with van der Waals surface area (Å²) in [6, 6.07) is 10.4. The van der Waals surface area contributed by atoms with Crippen molar-refractivity contribution < 1.29 is 18.4 Å². The van der Waals surface area contributed by atoms with Gasteiger partial charge in [-0.2, -0.15) is 0 Å². The second kappa shape index (κ2) is 10.6. The molecule has 0 atom stereocenters. The summed E-state index contributed by atoms with van der Waals surface area (Å²) in [5, 5.41) is 5.72. The van der Waals surface area contributed by atoms with Gasteiger partial charge in [-0.15, -0.1) is 0 Å². The molecule has 170 valence electrons. The molecule has 0 aliphatic carbocycles. The third-order valence-electron chi connectivity index (χ3n) is 5.13. The number of nitrogens with two attached hydrogens (primary N) is 1. The number of guanidine groups is 1. The Morgan fingerprint density at radius 1 is 1.03 bits per heavy atom. The van der Waals surface area contributed by atoms with Gasteiger partial charge in [-0.25, -0.2) is 8.78 Å². The number of anilines is 1. The monoisotopic (exact) mass is 444 g/mol. The molecule has 1 saturated heterocycles. The van der Waals surface area contributed by atoms with Crippen LogP contribution in [0.2, 0.25) is 0 Å². The number of amides is 2. The van der Waals surface area contributed by atoms with Crippen LogP contribution < -0.4 is 21.3 Å². The average molecular weight is 444 g/mol. The van der Waals surface area contributed by atoms with E-state index in [1.54, 1.807) is 19.2 Å². The first-order valence-corrected chi connectivity index (χ1v) is 10.2. The van der Waals surface area contributed by atoms with Crippen LogP contribution in [0.15, 0.2) is 47.5 Å². The van der Waals surface area contributed by atoms with E-state index in [1.165, 1.54) is 6.07 Å². The first kappa shape index (κ1) is 23.0. The molecule has 4 N–H and O–H groups in total. The molecular weight excluding hydrogens is 418 g/mol. The van der Waals surface area contributed by atoms with Crippen LogP contribution in [0.4, 0.5) is 14.5 Å². The van der Waals surface area contributed by atoms with Gasteiger partial charge in [0, 0.05) is 51.4 Å². The molecule has 1 aliphatic heterocycles. The number of nitrogens with zero attached hydrogens (tertiary/aromatic N) is 3. The molecule has 1 aliphatic rings. The Bertz CT molecular complexity index is 988. The molecule has 10 heteroatoms.